The Labute approximate surface area is 170 Å². The molecule has 2 aromatic carbocycles. The monoisotopic (exact) mass is 414 g/mol. The van der Waals surface area contributed by atoms with Gasteiger partial charge in [0.1, 0.15) is 11.5 Å². The average Bonchev–Trinajstić information content (AvgIpc) is 3.17. The Kier molecular flexibility index (Phi) is 6.05. The second kappa shape index (κ2) is 8.50. The van der Waals surface area contributed by atoms with Crippen molar-refractivity contribution in [1.29, 1.82) is 0 Å². The third-order valence-electron chi connectivity index (χ3n) is 4.34. The molecular formula is C21H22N2O5S. The zero-order valence-electron chi connectivity index (χ0n) is 16.4. The van der Waals surface area contributed by atoms with Gasteiger partial charge in [-0.1, -0.05) is 17.7 Å². The van der Waals surface area contributed by atoms with Gasteiger partial charge in [-0.05, 0) is 55.5 Å². The average molecular weight is 414 g/mol. The number of hydrogen-bond acceptors (Lipinski definition) is 5. The number of rotatable bonds is 7. The number of amides is 1. The van der Waals surface area contributed by atoms with Crippen molar-refractivity contribution >= 4 is 21.6 Å². The van der Waals surface area contributed by atoms with Crippen molar-refractivity contribution in [2.75, 3.05) is 19.5 Å². The lowest BCUT2D eigenvalue weighted by molar-refractivity contribution is 0.0994. The van der Waals surface area contributed by atoms with Gasteiger partial charge in [0.2, 0.25) is 10.0 Å². The number of methoxy groups -OCH3 is 1. The number of carbonyl (C=O) groups excluding carboxylic acids is 1. The summed E-state index contributed by atoms with van der Waals surface area (Å²) in [5.41, 5.74) is 1.57. The number of aryl methyl sites for hydroxylation is 1. The van der Waals surface area contributed by atoms with Crippen LogP contribution in [-0.2, 0) is 16.6 Å². The van der Waals surface area contributed by atoms with Gasteiger partial charge in [-0.15, -0.1) is 0 Å². The first-order valence-electron chi connectivity index (χ1n) is 8.87. The molecular weight excluding hydrogens is 392 g/mol. The zero-order valence-corrected chi connectivity index (χ0v) is 17.2. The van der Waals surface area contributed by atoms with Gasteiger partial charge in [0, 0.05) is 12.7 Å². The van der Waals surface area contributed by atoms with Crippen LogP contribution < -0.4 is 10.1 Å². The lowest BCUT2D eigenvalue weighted by Gasteiger charge is -2.16. The first-order chi connectivity index (χ1) is 13.8. The van der Waals surface area contributed by atoms with E-state index in [2.05, 4.69) is 5.32 Å². The number of hydrogen-bond donors (Lipinski definition) is 1. The second-order valence-electron chi connectivity index (χ2n) is 6.52. The van der Waals surface area contributed by atoms with E-state index >= 15 is 0 Å². The summed E-state index contributed by atoms with van der Waals surface area (Å²) < 4.78 is 37.2. The minimum Gasteiger partial charge on any atom is -0.497 e. The topological polar surface area (TPSA) is 88.9 Å². The summed E-state index contributed by atoms with van der Waals surface area (Å²) >= 11 is 0. The summed E-state index contributed by atoms with van der Waals surface area (Å²) in [5, 5.41) is 2.72. The molecule has 3 aromatic rings. The van der Waals surface area contributed by atoms with Gasteiger partial charge in [-0.25, -0.2) is 8.42 Å². The first kappa shape index (κ1) is 20.6. The molecule has 7 nitrogen and oxygen atoms in total. The van der Waals surface area contributed by atoms with Crippen molar-refractivity contribution in [2.24, 2.45) is 0 Å². The Bertz CT molecular complexity index is 1090. The van der Waals surface area contributed by atoms with E-state index in [0.717, 1.165) is 5.56 Å². The number of anilines is 1. The highest BCUT2D eigenvalue weighted by atomic mass is 32.2. The van der Waals surface area contributed by atoms with Crippen molar-refractivity contribution in [3.8, 4) is 5.75 Å². The Morgan fingerprint density at radius 3 is 2.31 bits per heavy atom. The van der Waals surface area contributed by atoms with Crippen LogP contribution in [0.3, 0.4) is 0 Å². The molecule has 0 unspecified atom stereocenters. The number of nitrogens with one attached hydrogen (secondary N) is 1. The molecule has 0 aliphatic carbocycles. The minimum atomic E-state index is -3.66. The quantitative estimate of drug-likeness (QED) is 0.637. The van der Waals surface area contributed by atoms with Gasteiger partial charge in [0.05, 0.1) is 18.6 Å². The molecule has 8 heteroatoms. The van der Waals surface area contributed by atoms with E-state index in [1.54, 1.807) is 61.7 Å². The smallest absolute Gasteiger partial charge is 0.291 e. The molecule has 0 aliphatic rings. The Morgan fingerprint density at radius 1 is 1.03 bits per heavy atom. The summed E-state index contributed by atoms with van der Waals surface area (Å²) in [4.78, 5) is 12.6. The van der Waals surface area contributed by atoms with Crippen LogP contribution in [0.1, 0.15) is 21.9 Å². The fraction of sp³-hybridized carbons (Fsp3) is 0.190. The molecule has 0 aliphatic heterocycles. The van der Waals surface area contributed by atoms with Gasteiger partial charge in [0.25, 0.3) is 5.91 Å². The highest BCUT2D eigenvalue weighted by Gasteiger charge is 2.22. The normalized spacial score (nSPS) is 11.4. The van der Waals surface area contributed by atoms with Crippen LogP contribution in [0.25, 0.3) is 0 Å². The van der Waals surface area contributed by atoms with E-state index in [9.17, 15) is 13.2 Å². The van der Waals surface area contributed by atoms with Gasteiger partial charge < -0.3 is 14.5 Å². The lowest BCUT2D eigenvalue weighted by atomic mass is 10.2. The fourth-order valence-electron chi connectivity index (χ4n) is 2.65. The third-order valence-corrected chi connectivity index (χ3v) is 6.16. The predicted octanol–water partition coefficient (Wildman–Crippen LogP) is 3.67. The third kappa shape index (κ3) is 4.85. The Hall–Kier alpha value is -3.10. The number of ether oxygens (including phenoxy) is 1. The SMILES string of the molecule is COc1ccc(NC(=O)c2ccc(CN(C)S(=O)(=O)c3ccc(C)cc3)o2)cc1. The van der Waals surface area contributed by atoms with Crippen LogP contribution in [0.15, 0.2) is 70.0 Å². The molecule has 1 amide bonds. The largest absolute Gasteiger partial charge is 0.497 e. The van der Waals surface area contributed by atoms with Crippen LogP contribution in [0.5, 0.6) is 5.75 Å². The van der Waals surface area contributed by atoms with E-state index in [1.807, 2.05) is 6.92 Å². The van der Waals surface area contributed by atoms with E-state index in [4.69, 9.17) is 9.15 Å². The summed E-state index contributed by atoms with van der Waals surface area (Å²) in [6, 6.07) is 16.6. The highest BCUT2D eigenvalue weighted by Crippen LogP contribution is 2.20. The molecule has 0 saturated heterocycles. The molecule has 1 aromatic heterocycles. The summed E-state index contributed by atoms with van der Waals surface area (Å²) in [7, 11) is -0.629. The van der Waals surface area contributed by atoms with Crippen molar-refractivity contribution in [2.45, 2.75) is 18.4 Å². The maximum atomic E-state index is 12.7. The van der Waals surface area contributed by atoms with Crippen molar-refractivity contribution < 1.29 is 22.4 Å². The molecule has 0 atom stereocenters. The van der Waals surface area contributed by atoms with Crippen LogP contribution in [-0.4, -0.2) is 32.8 Å². The summed E-state index contributed by atoms with van der Waals surface area (Å²) in [5.74, 6) is 0.714. The molecule has 152 valence electrons. The van der Waals surface area contributed by atoms with Crippen LogP contribution in [0.4, 0.5) is 5.69 Å². The Balaban J connectivity index is 1.67. The summed E-state index contributed by atoms with van der Waals surface area (Å²) in [6.45, 7) is 1.90. The molecule has 0 radical (unpaired) electrons. The maximum Gasteiger partial charge on any atom is 0.291 e. The van der Waals surface area contributed by atoms with Gasteiger partial charge >= 0.3 is 0 Å². The highest BCUT2D eigenvalue weighted by molar-refractivity contribution is 7.89. The molecule has 0 saturated carbocycles. The molecule has 3 rings (SSSR count). The molecule has 1 heterocycles. The summed E-state index contributed by atoms with van der Waals surface area (Å²) in [6.07, 6.45) is 0. The van der Waals surface area contributed by atoms with E-state index in [-0.39, 0.29) is 17.2 Å². The Morgan fingerprint density at radius 2 is 1.69 bits per heavy atom. The van der Waals surface area contributed by atoms with E-state index < -0.39 is 15.9 Å². The number of benzene rings is 2. The standard InChI is InChI=1S/C21H22N2O5S/c1-15-4-11-19(12-5-15)29(25,26)23(2)14-18-10-13-20(28-18)21(24)22-16-6-8-17(27-3)9-7-16/h4-13H,14H2,1-3H3,(H,22,24). The maximum absolute atomic E-state index is 12.7. The van der Waals surface area contributed by atoms with Crippen molar-refractivity contribution in [3.05, 3.63) is 77.7 Å². The minimum absolute atomic E-state index is 0.00598. The van der Waals surface area contributed by atoms with Gasteiger partial charge in [-0.3, -0.25) is 4.79 Å². The van der Waals surface area contributed by atoms with Crippen molar-refractivity contribution in [1.82, 2.24) is 4.31 Å². The zero-order chi connectivity index (χ0) is 21.0. The lowest BCUT2D eigenvalue weighted by Crippen LogP contribution is -2.26. The van der Waals surface area contributed by atoms with Crippen LogP contribution >= 0.6 is 0 Å². The first-order valence-corrected chi connectivity index (χ1v) is 10.3. The van der Waals surface area contributed by atoms with Crippen LogP contribution in [0, 0.1) is 6.92 Å². The predicted molar refractivity (Wildman–Crippen MR) is 109 cm³/mol. The van der Waals surface area contributed by atoms with Gasteiger partial charge in [0.15, 0.2) is 5.76 Å². The fourth-order valence-corrected chi connectivity index (χ4v) is 3.78. The molecule has 1 N–H and O–H groups in total. The van der Waals surface area contributed by atoms with Crippen LogP contribution in [0.2, 0.25) is 0 Å². The number of sulfonamides is 1. The second-order valence-corrected chi connectivity index (χ2v) is 8.57. The number of carbonyl (C=O) groups is 1. The molecule has 29 heavy (non-hydrogen) atoms. The molecule has 0 bridgehead atoms. The number of furan rings is 1. The van der Waals surface area contributed by atoms with E-state index in [1.165, 1.54) is 17.4 Å². The van der Waals surface area contributed by atoms with Gasteiger partial charge in [-0.2, -0.15) is 4.31 Å². The number of nitrogens with zero attached hydrogens (tertiary/aromatic N) is 1. The van der Waals surface area contributed by atoms with Crippen molar-refractivity contribution in [3.63, 3.8) is 0 Å². The molecule has 0 fully saturated rings. The van der Waals surface area contributed by atoms with E-state index in [0.29, 0.717) is 17.2 Å². The molecule has 0 spiro atoms.